The predicted octanol–water partition coefficient (Wildman–Crippen LogP) is 1.41. The molecule has 1 heterocycles. The maximum Gasteiger partial charge on any atom is 0.316 e. The molecule has 112 valence electrons. The third-order valence-electron chi connectivity index (χ3n) is 2.53. The second-order valence-electron chi connectivity index (χ2n) is 3.81. The molecule has 0 unspecified atom stereocenters. The number of ether oxygens (including phenoxy) is 1. The van der Waals surface area contributed by atoms with Crippen LogP contribution in [0.4, 0.5) is 11.9 Å². The maximum atomic E-state index is 11.2. The number of nitrogens with zero attached hydrogens (tertiary/aromatic N) is 4. The van der Waals surface area contributed by atoms with Crippen molar-refractivity contribution in [2.45, 2.75) is 25.9 Å². The van der Waals surface area contributed by atoms with Gasteiger partial charge in [-0.25, -0.2) is 0 Å². The lowest BCUT2D eigenvalue weighted by Crippen LogP contribution is -2.25. The largest absolute Gasteiger partial charge is 0.468 e. The molecular formula is C12H21N5O2S. The zero-order chi connectivity index (χ0) is 15.0. The summed E-state index contributed by atoms with van der Waals surface area (Å²) in [5, 5.41) is 3.59. The number of methoxy groups -OCH3 is 1. The van der Waals surface area contributed by atoms with Gasteiger partial charge in [-0.15, -0.1) is 0 Å². The molecular weight excluding hydrogens is 278 g/mol. The van der Waals surface area contributed by atoms with Crippen LogP contribution in [-0.4, -0.2) is 53.4 Å². The quantitative estimate of drug-likeness (QED) is 0.570. The van der Waals surface area contributed by atoms with E-state index in [-0.39, 0.29) is 11.7 Å². The number of nitrogens with one attached hydrogen (secondary N) is 1. The molecule has 20 heavy (non-hydrogen) atoms. The highest BCUT2D eigenvalue weighted by atomic mass is 32.2. The van der Waals surface area contributed by atoms with Crippen molar-refractivity contribution in [3.63, 3.8) is 0 Å². The lowest BCUT2D eigenvalue weighted by molar-refractivity contribution is -0.137. The van der Waals surface area contributed by atoms with Gasteiger partial charge in [0.05, 0.1) is 12.9 Å². The summed E-state index contributed by atoms with van der Waals surface area (Å²) >= 11 is 1.24. The van der Waals surface area contributed by atoms with Crippen LogP contribution in [0, 0.1) is 0 Å². The molecule has 0 atom stereocenters. The standard InChI is InChI=1S/C12H21N5O2S/c1-5-13-10-14-11(17(6-2)7-3)16-12(15-10)20-8-9(18)19-4/h5-8H2,1-4H3,(H,13,14,15,16). The van der Waals surface area contributed by atoms with Crippen LogP contribution in [0.25, 0.3) is 0 Å². The lowest BCUT2D eigenvalue weighted by Gasteiger charge is -2.19. The summed E-state index contributed by atoms with van der Waals surface area (Å²) in [6.45, 7) is 8.41. The van der Waals surface area contributed by atoms with Gasteiger partial charge in [-0.3, -0.25) is 4.79 Å². The Morgan fingerprint density at radius 3 is 2.50 bits per heavy atom. The number of carbonyl (C=O) groups excluding carboxylic acids is 1. The molecule has 0 fully saturated rings. The van der Waals surface area contributed by atoms with E-state index in [0.717, 1.165) is 19.6 Å². The molecule has 0 bridgehead atoms. The van der Waals surface area contributed by atoms with Crippen molar-refractivity contribution in [1.82, 2.24) is 15.0 Å². The highest BCUT2D eigenvalue weighted by molar-refractivity contribution is 7.99. The number of hydrogen-bond donors (Lipinski definition) is 1. The van der Waals surface area contributed by atoms with Crippen LogP contribution in [0.2, 0.25) is 0 Å². The predicted molar refractivity (Wildman–Crippen MR) is 80.3 cm³/mol. The maximum absolute atomic E-state index is 11.2. The van der Waals surface area contributed by atoms with Crippen LogP contribution in [-0.2, 0) is 9.53 Å². The third-order valence-corrected chi connectivity index (χ3v) is 3.35. The molecule has 1 rings (SSSR count). The summed E-state index contributed by atoms with van der Waals surface area (Å²) in [6.07, 6.45) is 0. The van der Waals surface area contributed by atoms with E-state index < -0.39 is 0 Å². The molecule has 0 saturated heterocycles. The van der Waals surface area contributed by atoms with Gasteiger partial charge >= 0.3 is 5.97 Å². The van der Waals surface area contributed by atoms with E-state index in [1.807, 2.05) is 25.7 Å². The molecule has 0 aliphatic heterocycles. The number of carbonyl (C=O) groups is 1. The molecule has 1 aromatic rings. The van der Waals surface area contributed by atoms with Crippen molar-refractivity contribution < 1.29 is 9.53 Å². The Balaban J connectivity index is 2.94. The summed E-state index contributed by atoms with van der Waals surface area (Å²) in [5.74, 6) is 1.03. The fourth-order valence-corrected chi connectivity index (χ4v) is 2.14. The first-order chi connectivity index (χ1) is 9.64. The molecule has 8 heteroatoms. The Hall–Kier alpha value is -1.57. The second-order valence-corrected chi connectivity index (χ2v) is 4.75. The van der Waals surface area contributed by atoms with Gasteiger partial charge in [0.1, 0.15) is 0 Å². The average Bonchev–Trinajstić information content (AvgIpc) is 2.46. The van der Waals surface area contributed by atoms with Gasteiger partial charge in [-0.1, -0.05) is 11.8 Å². The number of hydrogen-bond acceptors (Lipinski definition) is 8. The summed E-state index contributed by atoms with van der Waals surface area (Å²) in [6, 6.07) is 0. The van der Waals surface area contributed by atoms with Crippen molar-refractivity contribution >= 4 is 29.6 Å². The van der Waals surface area contributed by atoms with E-state index in [1.165, 1.54) is 18.9 Å². The molecule has 0 radical (unpaired) electrons. The van der Waals surface area contributed by atoms with Gasteiger partial charge in [-0.05, 0) is 20.8 Å². The minimum absolute atomic E-state index is 0.184. The molecule has 7 nitrogen and oxygen atoms in total. The van der Waals surface area contributed by atoms with Crippen LogP contribution in [0.1, 0.15) is 20.8 Å². The number of rotatable bonds is 8. The zero-order valence-electron chi connectivity index (χ0n) is 12.3. The van der Waals surface area contributed by atoms with E-state index in [4.69, 9.17) is 0 Å². The summed E-state index contributed by atoms with van der Waals surface area (Å²) < 4.78 is 4.61. The third kappa shape index (κ3) is 4.84. The molecule has 1 N–H and O–H groups in total. The van der Waals surface area contributed by atoms with Gasteiger partial charge < -0.3 is 15.0 Å². The Bertz CT molecular complexity index is 440. The first-order valence-corrected chi connectivity index (χ1v) is 7.57. The Labute approximate surface area is 123 Å². The minimum Gasteiger partial charge on any atom is -0.468 e. The summed E-state index contributed by atoms with van der Waals surface area (Å²) in [4.78, 5) is 26.3. The lowest BCUT2D eigenvalue weighted by atomic mass is 10.5. The van der Waals surface area contributed by atoms with Gasteiger partial charge in [-0.2, -0.15) is 15.0 Å². The summed E-state index contributed by atoms with van der Waals surface area (Å²) in [5.41, 5.74) is 0. The van der Waals surface area contributed by atoms with Crippen LogP contribution in [0.5, 0.6) is 0 Å². The number of esters is 1. The Morgan fingerprint density at radius 1 is 1.25 bits per heavy atom. The first-order valence-electron chi connectivity index (χ1n) is 6.59. The molecule has 0 spiro atoms. The van der Waals surface area contributed by atoms with E-state index in [9.17, 15) is 4.79 Å². The van der Waals surface area contributed by atoms with Crippen LogP contribution in [0.3, 0.4) is 0 Å². The van der Waals surface area contributed by atoms with E-state index in [1.54, 1.807) is 0 Å². The molecule has 0 aromatic carbocycles. The van der Waals surface area contributed by atoms with E-state index in [2.05, 4.69) is 25.0 Å². The minimum atomic E-state index is -0.301. The molecule has 0 amide bonds. The van der Waals surface area contributed by atoms with Crippen molar-refractivity contribution in [3.8, 4) is 0 Å². The zero-order valence-corrected chi connectivity index (χ0v) is 13.2. The number of thioether (sulfide) groups is 1. The Morgan fingerprint density at radius 2 is 1.95 bits per heavy atom. The van der Waals surface area contributed by atoms with Gasteiger partial charge in [0, 0.05) is 19.6 Å². The highest BCUT2D eigenvalue weighted by Gasteiger charge is 2.12. The van der Waals surface area contributed by atoms with Gasteiger partial charge in [0.25, 0.3) is 0 Å². The van der Waals surface area contributed by atoms with Gasteiger partial charge in [0.2, 0.25) is 11.9 Å². The highest BCUT2D eigenvalue weighted by Crippen LogP contribution is 2.18. The van der Waals surface area contributed by atoms with E-state index in [0.29, 0.717) is 17.1 Å². The fraction of sp³-hybridized carbons (Fsp3) is 0.667. The SMILES string of the molecule is CCNc1nc(SCC(=O)OC)nc(N(CC)CC)n1. The molecule has 0 aliphatic rings. The van der Waals surface area contributed by atoms with Crippen LogP contribution in [0.15, 0.2) is 5.16 Å². The number of aromatic nitrogens is 3. The second kappa shape index (κ2) is 8.57. The first kappa shape index (κ1) is 16.5. The average molecular weight is 299 g/mol. The molecule has 0 saturated carbocycles. The van der Waals surface area contributed by atoms with Crippen LogP contribution >= 0.6 is 11.8 Å². The van der Waals surface area contributed by atoms with Crippen molar-refractivity contribution in [1.29, 1.82) is 0 Å². The smallest absolute Gasteiger partial charge is 0.316 e. The van der Waals surface area contributed by atoms with Crippen LogP contribution < -0.4 is 10.2 Å². The Kier molecular flexibility index (Phi) is 7.06. The van der Waals surface area contributed by atoms with Crippen molar-refractivity contribution in [2.75, 3.05) is 42.7 Å². The van der Waals surface area contributed by atoms with E-state index >= 15 is 0 Å². The number of anilines is 2. The normalized spacial score (nSPS) is 10.2. The van der Waals surface area contributed by atoms with Crippen molar-refractivity contribution in [3.05, 3.63) is 0 Å². The van der Waals surface area contributed by atoms with Crippen molar-refractivity contribution in [2.24, 2.45) is 0 Å². The monoisotopic (exact) mass is 299 g/mol. The molecule has 0 aliphatic carbocycles. The van der Waals surface area contributed by atoms with Gasteiger partial charge in [0.15, 0.2) is 5.16 Å². The topological polar surface area (TPSA) is 80.2 Å². The summed E-state index contributed by atoms with van der Waals surface area (Å²) in [7, 11) is 1.36. The molecule has 1 aromatic heterocycles. The fourth-order valence-electron chi connectivity index (χ4n) is 1.48.